The summed E-state index contributed by atoms with van der Waals surface area (Å²) >= 11 is 1.03. The zero-order valence-corrected chi connectivity index (χ0v) is 15.7. The zero-order valence-electron chi connectivity index (χ0n) is 14.9. The molecule has 1 aliphatic carbocycles. The lowest BCUT2D eigenvalue weighted by molar-refractivity contribution is -0.123. The maximum atomic E-state index is 12.7. The number of thioether (sulfide) groups is 1. The van der Waals surface area contributed by atoms with Crippen molar-refractivity contribution in [3.63, 3.8) is 0 Å². The maximum Gasteiger partial charge on any atom is 0.293 e. The Morgan fingerprint density at radius 1 is 1.19 bits per heavy atom. The standard InChI is InChI=1S/C21H22N2O2S/c1-15-5-4-6-16(11-15)14-23-20(24)19(26-21(23)25)12-17-9-10-22(13-17)18-7-2-3-8-18/h4-6,9-13,18H,2-3,7-8,14H2,1H3/b19-12+. The molecule has 0 atom stereocenters. The number of amides is 2. The van der Waals surface area contributed by atoms with Gasteiger partial charge in [0.1, 0.15) is 0 Å². The van der Waals surface area contributed by atoms with Crippen LogP contribution in [0.15, 0.2) is 47.6 Å². The molecule has 134 valence electrons. The number of benzene rings is 1. The van der Waals surface area contributed by atoms with Crippen LogP contribution in [0.4, 0.5) is 4.79 Å². The van der Waals surface area contributed by atoms with E-state index in [-0.39, 0.29) is 11.1 Å². The molecule has 1 saturated carbocycles. The summed E-state index contributed by atoms with van der Waals surface area (Å²) in [7, 11) is 0. The number of carbonyl (C=O) groups excluding carboxylic acids is 2. The van der Waals surface area contributed by atoms with Gasteiger partial charge in [-0.05, 0) is 54.8 Å². The molecule has 0 N–H and O–H groups in total. The summed E-state index contributed by atoms with van der Waals surface area (Å²) in [6, 6.07) is 10.5. The van der Waals surface area contributed by atoms with E-state index >= 15 is 0 Å². The molecule has 4 rings (SSSR count). The Bertz CT molecular complexity index is 878. The van der Waals surface area contributed by atoms with E-state index < -0.39 is 0 Å². The largest absolute Gasteiger partial charge is 0.351 e. The SMILES string of the molecule is Cc1cccc(CN2C(=O)S/C(=C/c3ccn(C4CCCC4)c3)C2=O)c1. The first kappa shape index (κ1) is 17.2. The molecule has 2 aromatic rings. The average molecular weight is 366 g/mol. The van der Waals surface area contributed by atoms with Gasteiger partial charge in [-0.15, -0.1) is 0 Å². The minimum absolute atomic E-state index is 0.196. The fourth-order valence-corrected chi connectivity index (χ4v) is 4.56. The van der Waals surface area contributed by atoms with Gasteiger partial charge in [0.05, 0.1) is 11.4 Å². The van der Waals surface area contributed by atoms with Crippen LogP contribution in [0.5, 0.6) is 0 Å². The highest BCUT2D eigenvalue weighted by atomic mass is 32.2. The fourth-order valence-electron chi connectivity index (χ4n) is 3.73. The van der Waals surface area contributed by atoms with E-state index in [1.165, 1.54) is 30.6 Å². The lowest BCUT2D eigenvalue weighted by atomic mass is 10.1. The van der Waals surface area contributed by atoms with Crippen molar-refractivity contribution in [1.29, 1.82) is 0 Å². The van der Waals surface area contributed by atoms with E-state index in [2.05, 4.69) is 17.0 Å². The Kier molecular flexibility index (Phi) is 4.72. The number of carbonyl (C=O) groups is 2. The summed E-state index contributed by atoms with van der Waals surface area (Å²) < 4.78 is 2.25. The van der Waals surface area contributed by atoms with Crippen molar-refractivity contribution in [3.8, 4) is 0 Å². The van der Waals surface area contributed by atoms with Crippen LogP contribution in [0.1, 0.15) is 48.4 Å². The van der Waals surface area contributed by atoms with Gasteiger partial charge in [0.2, 0.25) is 0 Å². The molecule has 0 unspecified atom stereocenters. The van der Waals surface area contributed by atoms with Crippen LogP contribution in [0, 0.1) is 6.92 Å². The van der Waals surface area contributed by atoms with Gasteiger partial charge in [-0.2, -0.15) is 0 Å². The third-order valence-corrected chi connectivity index (χ3v) is 5.99. The molecule has 1 aromatic carbocycles. The summed E-state index contributed by atoms with van der Waals surface area (Å²) in [4.78, 5) is 26.8. The second-order valence-electron chi connectivity index (χ2n) is 7.09. The number of rotatable bonds is 4. The van der Waals surface area contributed by atoms with E-state index in [0.717, 1.165) is 28.5 Å². The molecule has 4 nitrogen and oxygen atoms in total. The summed E-state index contributed by atoms with van der Waals surface area (Å²) in [5.74, 6) is -0.199. The normalized spacial score (nSPS) is 19.9. The van der Waals surface area contributed by atoms with Crippen molar-refractivity contribution in [3.05, 3.63) is 64.3 Å². The Balaban J connectivity index is 1.50. The Morgan fingerprint density at radius 3 is 2.77 bits per heavy atom. The highest BCUT2D eigenvalue weighted by Gasteiger charge is 2.35. The number of hydrogen-bond donors (Lipinski definition) is 0. The average Bonchev–Trinajstić information content (AvgIpc) is 3.33. The maximum absolute atomic E-state index is 12.7. The topological polar surface area (TPSA) is 42.3 Å². The lowest BCUT2D eigenvalue weighted by Crippen LogP contribution is -2.27. The van der Waals surface area contributed by atoms with E-state index in [1.54, 1.807) is 0 Å². The van der Waals surface area contributed by atoms with Crippen molar-refractivity contribution < 1.29 is 9.59 Å². The molecule has 5 heteroatoms. The molecule has 1 aliphatic heterocycles. The van der Waals surface area contributed by atoms with Gasteiger partial charge in [0.25, 0.3) is 11.1 Å². The van der Waals surface area contributed by atoms with Gasteiger partial charge in [-0.1, -0.05) is 42.7 Å². The summed E-state index contributed by atoms with van der Waals surface area (Å²) in [5.41, 5.74) is 3.08. The number of aromatic nitrogens is 1. The van der Waals surface area contributed by atoms with Crippen LogP contribution >= 0.6 is 11.8 Å². The third-order valence-electron chi connectivity index (χ3n) is 5.08. The van der Waals surface area contributed by atoms with Gasteiger partial charge in [-0.25, -0.2) is 0 Å². The highest BCUT2D eigenvalue weighted by molar-refractivity contribution is 8.18. The first-order chi connectivity index (χ1) is 12.6. The van der Waals surface area contributed by atoms with Crippen LogP contribution in [-0.2, 0) is 11.3 Å². The Morgan fingerprint density at radius 2 is 2.00 bits per heavy atom. The van der Waals surface area contributed by atoms with E-state index in [1.807, 2.05) is 43.3 Å². The predicted molar refractivity (Wildman–Crippen MR) is 105 cm³/mol. The molecule has 2 amide bonds. The van der Waals surface area contributed by atoms with Gasteiger partial charge in [0, 0.05) is 18.4 Å². The first-order valence-corrected chi connectivity index (χ1v) is 9.90. The number of nitrogens with zero attached hydrogens (tertiary/aromatic N) is 2. The van der Waals surface area contributed by atoms with E-state index in [0.29, 0.717) is 17.5 Å². The molecule has 1 saturated heterocycles. The smallest absolute Gasteiger partial charge is 0.293 e. The molecule has 2 fully saturated rings. The van der Waals surface area contributed by atoms with Crippen LogP contribution < -0.4 is 0 Å². The Hall–Kier alpha value is -2.27. The van der Waals surface area contributed by atoms with E-state index in [4.69, 9.17) is 0 Å². The molecule has 0 spiro atoms. The zero-order chi connectivity index (χ0) is 18.1. The van der Waals surface area contributed by atoms with Gasteiger partial charge in [-0.3, -0.25) is 14.5 Å². The van der Waals surface area contributed by atoms with Crippen molar-refractivity contribution in [2.24, 2.45) is 0 Å². The molecule has 1 aromatic heterocycles. The lowest BCUT2D eigenvalue weighted by Gasteiger charge is -2.12. The minimum atomic E-state index is -0.199. The quantitative estimate of drug-likeness (QED) is 0.703. The monoisotopic (exact) mass is 366 g/mol. The van der Waals surface area contributed by atoms with Crippen LogP contribution in [0.25, 0.3) is 6.08 Å². The molecule has 0 radical (unpaired) electrons. The van der Waals surface area contributed by atoms with E-state index in [9.17, 15) is 9.59 Å². The van der Waals surface area contributed by atoms with Gasteiger partial charge in [0.15, 0.2) is 0 Å². The number of aryl methyl sites for hydroxylation is 1. The van der Waals surface area contributed by atoms with Crippen LogP contribution in [-0.4, -0.2) is 20.6 Å². The number of imide groups is 1. The second kappa shape index (κ2) is 7.16. The van der Waals surface area contributed by atoms with Crippen LogP contribution in [0.2, 0.25) is 0 Å². The van der Waals surface area contributed by atoms with Crippen LogP contribution in [0.3, 0.4) is 0 Å². The molecule has 0 bridgehead atoms. The van der Waals surface area contributed by atoms with Crippen molar-refractivity contribution in [2.75, 3.05) is 0 Å². The van der Waals surface area contributed by atoms with Crippen molar-refractivity contribution in [2.45, 2.75) is 45.2 Å². The van der Waals surface area contributed by atoms with Crippen molar-refractivity contribution >= 4 is 29.0 Å². The predicted octanol–water partition coefficient (Wildman–Crippen LogP) is 5.15. The molecule has 26 heavy (non-hydrogen) atoms. The fraction of sp³-hybridized carbons (Fsp3) is 0.333. The molecular formula is C21H22N2O2S. The van der Waals surface area contributed by atoms with Crippen molar-refractivity contribution in [1.82, 2.24) is 9.47 Å². The summed E-state index contributed by atoms with van der Waals surface area (Å²) in [6.45, 7) is 2.33. The van der Waals surface area contributed by atoms with Gasteiger partial charge >= 0.3 is 0 Å². The van der Waals surface area contributed by atoms with Gasteiger partial charge < -0.3 is 4.57 Å². The molecular weight excluding hydrogens is 344 g/mol. The highest BCUT2D eigenvalue weighted by Crippen LogP contribution is 2.34. The third kappa shape index (κ3) is 3.49. The second-order valence-corrected chi connectivity index (χ2v) is 8.08. The molecule has 2 aliphatic rings. The summed E-state index contributed by atoms with van der Waals surface area (Å²) in [6.07, 6.45) is 11.0. The number of hydrogen-bond acceptors (Lipinski definition) is 3. The Labute approximate surface area is 157 Å². The minimum Gasteiger partial charge on any atom is -0.351 e. The first-order valence-electron chi connectivity index (χ1n) is 9.08. The summed E-state index contributed by atoms with van der Waals surface area (Å²) in [5, 5.41) is -0.196. The molecule has 2 heterocycles.